The van der Waals surface area contributed by atoms with Crippen LogP contribution in [0.5, 0.6) is 11.5 Å². The standard InChI is InChI=1S/C26H30O7/c1-15-9-21(11-19(24(15)30)13-32-17(3)27)26(7-5-23(29)6-8-26)22-10-16(2)25(31)20(12-22)14-33-18(4)28/h9-12,30-31H,5-8,13-14H2,1-4H3. The van der Waals surface area contributed by atoms with Gasteiger partial charge in [0.15, 0.2) is 0 Å². The van der Waals surface area contributed by atoms with Gasteiger partial charge in [-0.05, 0) is 61.1 Å². The van der Waals surface area contributed by atoms with Gasteiger partial charge in [0.05, 0.1) is 0 Å². The van der Waals surface area contributed by atoms with Gasteiger partial charge >= 0.3 is 11.9 Å². The number of hydrogen-bond acceptors (Lipinski definition) is 7. The lowest BCUT2D eigenvalue weighted by Crippen LogP contribution is -2.34. The summed E-state index contributed by atoms with van der Waals surface area (Å²) in [7, 11) is 0. The van der Waals surface area contributed by atoms with Crippen LogP contribution in [0.3, 0.4) is 0 Å². The van der Waals surface area contributed by atoms with Crippen molar-refractivity contribution in [1.82, 2.24) is 0 Å². The summed E-state index contributed by atoms with van der Waals surface area (Å²) < 4.78 is 10.3. The third-order valence-electron chi connectivity index (χ3n) is 6.39. The molecule has 3 rings (SSSR count). The van der Waals surface area contributed by atoms with E-state index in [4.69, 9.17) is 9.47 Å². The molecule has 1 saturated carbocycles. The molecule has 0 bridgehead atoms. The predicted molar refractivity (Wildman–Crippen MR) is 121 cm³/mol. The van der Waals surface area contributed by atoms with E-state index in [9.17, 15) is 24.6 Å². The van der Waals surface area contributed by atoms with E-state index in [2.05, 4.69) is 0 Å². The van der Waals surface area contributed by atoms with Gasteiger partial charge in [-0.3, -0.25) is 14.4 Å². The number of benzene rings is 2. The Balaban J connectivity index is 2.17. The van der Waals surface area contributed by atoms with Gasteiger partial charge in [0, 0.05) is 43.2 Å². The second kappa shape index (κ2) is 9.65. The van der Waals surface area contributed by atoms with E-state index in [1.54, 1.807) is 13.8 Å². The van der Waals surface area contributed by atoms with Crippen molar-refractivity contribution < 1.29 is 34.1 Å². The molecule has 7 nitrogen and oxygen atoms in total. The van der Waals surface area contributed by atoms with Gasteiger partial charge in [-0.1, -0.05) is 12.1 Å². The van der Waals surface area contributed by atoms with Crippen LogP contribution in [-0.2, 0) is 42.5 Å². The number of phenols is 2. The predicted octanol–water partition coefficient (Wildman–Crippen LogP) is 4.27. The van der Waals surface area contributed by atoms with Crippen molar-refractivity contribution in [2.75, 3.05) is 0 Å². The molecule has 0 aliphatic heterocycles. The van der Waals surface area contributed by atoms with E-state index >= 15 is 0 Å². The van der Waals surface area contributed by atoms with Crippen molar-refractivity contribution in [2.24, 2.45) is 0 Å². The molecule has 0 aromatic heterocycles. The van der Waals surface area contributed by atoms with Crippen molar-refractivity contribution in [3.63, 3.8) is 0 Å². The van der Waals surface area contributed by atoms with Gasteiger partial charge in [0.2, 0.25) is 0 Å². The van der Waals surface area contributed by atoms with Crippen molar-refractivity contribution >= 4 is 17.7 Å². The molecule has 0 atom stereocenters. The number of carbonyl (C=O) groups excluding carboxylic acids is 3. The Morgan fingerprint density at radius 1 is 0.818 bits per heavy atom. The fourth-order valence-corrected chi connectivity index (χ4v) is 4.54. The SMILES string of the molecule is CC(=O)OCc1cc(C2(c3cc(C)c(O)c(COC(C)=O)c3)CCC(=O)CC2)cc(C)c1O. The first kappa shape index (κ1) is 24.3. The first-order valence-corrected chi connectivity index (χ1v) is 11.0. The topological polar surface area (TPSA) is 110 Å². The van der Waals surface area contributed by atoms with Crippen molar-refractivity contribution in [3.8, 4) is 11.5 Å². The average Bonchev–Trinajstić information content (AvgIpc) is 2.76. The largest absolute Gasteiger partial charge is 0.507 e. The normalized spacial score (nSPS) is 15.2. The maximum atomic E-state index is 12.1. The highest BCUT2D eigenvalue weighted by Crippen LogP contribution is 2.47. The third-order valence-corrected chi connectivity index (χ3v) is 6.39. The molecular formula is C26H30O7. The quantitative estimate of drug-likeness (QED) is 0.627. The third kappa shape index (κ3) is 5.18. The lowest BCUT2D eigenvalue weighted by Gasteiger charge is -2.39. The van der Waals surface area contributed by atoms with Crippen LogP contribution in [-0.4, -0.2) is 27.9 Å². The second-order valence-electron chi connectivity index (χ2n) is 8.78. The van der Waals surface area contributed by atoms with Crippen molar-refractivity contribution in [1.29, 1.82) is 0 Å². The number of phenolic OH excluding ortho intramolecular Hbond substituents is 2. The minimum absolute atomic E-state index is 0.0584. The Morgan fingerprint density at radius 3 is 1.58 bits per heavy atom. The molecule has 1 aliphatic rings. The smallest absolute Gasteiger partial charge is 0.302 e. The summed E-state index contributed by atoms with van der Waals surface area (Å²) in [6.07, 6.45) is 1.91. The number of ketones is 1. The number of ether oxygens (including phenoxy) is 2. The number of aromatic hydroxyl groups is 2. The molecule has 2 aromatic rings. The highest BCUT2D eigenvalue weighted by atomic mass is 16.5. The summed E-state index contributed by atoms with van der Waals surface area (Å²) in [5, 5.41) is 21.1. The Hall–Kier alpha value is -3.35. The van der Waals surface area contributed by atoms with Crippen LogP contribution in [0.1, 0.15) is 72.9 Å². The molecule has 2 N–H and O–H groups in total. The molecule has 0 amide bonds. The summed E-state index contributed by atoms with van der Waals surface area (Å²) in [5.74, 6) is -0.560. The lowest BCUT2D eigenvalue weighted by molar-refractivity contribution is -0.143. The van der Waals surface area contributed by atoms with Gasteiger partial charge in [0.1, 0.15) is 30.5 Å². The van der Waals surface area contributed by atoms with Gasteiger partial charge < -0.3 is 19.7 Å². The number of rotatable bonds is 6. The fourth-order valence-electron chi connectivity index (χ4n) is 4.54. The Labute approximate surface area is 193 Å². The van der Waals surface area contributed by atoms with Crippen molar-refractivity contribution in [2.45, 2.75) is 72.0 Å². The summed E-state index contributed by atoms with van der Waals surface area (Å²) in [4.78, 5) is 34.8. The molecule has 0 saturated heterocycles. The van der Waals surface area contributed by atoms with E-state index in [0.29, 0.717) is 47.9 Å². The van der Waals surface area contributed by atoms with Crippen LogP contribution in [0, 0.1) is 13.8 Å². The zero-order valence-electron chi connectivity index (χ0n) is 19.5. The summed E-state index contributed by atoms with van der Waals surface area (Å²) in [5.41, 5.74) is 3.51. The zero-order chi connectivity index (χ0) is 24.3. The number of Topliss-reactive ketones (excluding diaryl/α,β-unsaturated/α-hetero) is 1. The van der Waals surface area contributed by atoms with Crippen molar-refractivity contribution in [3.05, 3.63) is 57.6 Å². The zero-order valence-corrected chi connectivity index (χ0v) is 19.5. The van der Waals surface area contributed by atoms with E-state index in [1.807, 2.05) is 24.3 Å². The first-order chi connectivity index (χ1) is 15.5. The maximum absolute atomic E-state index is 12.1. The fraction of sp³-hybridized carbons (Fsp3) is 0.423. The molecular weight excluding hydrogens is 424 g/mol. The van der Waals surface area contributed by atoms with E-state index < -0.39 is 17.4 Å². The maximum Gasteiger partial charge on any atom is 0.302 e. The summed E-state index contributed by atoms with van der Waals surface area (Å²) >= 11 is 0. The van der Waals surface area contributed by atoms with Gasteiger partial charge in [0.25, 0.3) is 0 Å². The number of hydrogen-bond donors (Lipinski definition) is 2. The number of esters is 2. The molecule has 0 unspecified atom stereocenters. The van der Waals surface area contributed by atoms with E-state index in [0.717, 1.165) is 11.1 Å². The molecule has 176 valence electrons. The molecule has 0 radical (unpaired) electrons. The van der Waals surface area contributed by atoms with Gasteiger partial charge in [-0.2, -0.15) is 0 Å². The molecule has 1 fully saturated rings. The molecule has 0 heterocycles. The van der Waals surface area contributed by atoms with Crippen LogP contribution in [0.4, 0.5) is 0 Å². The Bertz CT molecular complexity index is 1010. The lowest BCUT2D eigenvalue weighted by atomic mass is 9.64. The van der Waals surface area contributed by atoms with Gasteiger partial charge in [-0.25, -0.2) is 0 Å². The highest BCUT2D eigenvalue weighted by Gasteiger charge is 2.39. The van der Waals surface area contributed by atoms with Gasteiger partial charge in [-0.15, -0.1) is 0 Å². The van der Waals surface area contributed by atoms with E-state index in [1.165, 1.54) is 13.8 Å². The Morgan fingerprint density at radius 2 is 1.21 bits per heavy atom. The number of aryl methyl sites for hydroxylation is 2. The minimum atomic E-state index is -0.555. The summed E-state index contributed by atoms with van der Waals surface area (Å²) in [6, 6.07) is 7.46. The molecule has 7 heteroatoms. The van der Waals surface area contributed by atoms with Crippen LogP contribution >= 0.6 is 0 Å². The minimum Gasteiger partial charge on any atom is -0.507 e. The van der Waals surface area contributed by atoms with E-state index in [-0.39, 0.29) is 30.5 Å². The number of carbonyl (C=O) groups is 3. The first-order valence-electron chi connectivity index (χ1n) is 11.0. The monoisotopic (exact) mass is 454 g/mol. The second-order valence-corrected chi connectivity index (χ2v) is 8.78. The highest BCUT2D eigenvalue weighted by molar-refractivity contribution is 5.80. The molecule has 33 heavy (non-hydrogen) atoms. The summed E-state index contributed by atoms with van der Waals surface area (Å²) in [6.45, 7) is 6.07. The Kier molecular flexibility index (Phi) is 7.10. The van der Waals surface area contributed by atoms with Crippen LogP contribution in [0.15, 0.2) is 24.3 Å². The molecule has 2 aromatic carbocycles. The van der Waals surface area contributed by atoms with Crippen LogP contribution in [0.25, 0.3) is 0 Å². The average molecular weight is 455 g/mol. The van der Waals surface area contributed by atoms with Crippen LogP contribution in [0.2, 0.25) is 0 Å². The molecule has 1 aliphatic carbocycles. The molecule has 0 spiro atoms. The van der Waals surface area contributed by atoms with Crippen LogP contribution < -0.4 is 0 Å².